The third kappa shape index (κ3) is 6.41. The van der Waals surface area contributed by atoms with Crippen LogP contribution in [0.3, 0.4) is 0 Å². The van der Waals surface area contributed by atoms with Gasteiger partial charge in [0.1, 0.15) is 0 Å². The van der Waals surface area contributed by atoms with E-state index in [4.69, 9.17) is 10.5 Å². The maximum absolute atomic E-state index is 12.5. The molecule has 10 nitrogen and oxygen atoms in total. The maximum atomic E-state index is 12.5. The summed E-state index contributed by atoms with van der Waals surface area (Å²) in [6.45, 7) is 9.66. The van der Waals surface area contributed by atoms with Crippen LogP contribution in [0.1, 0.15) is 32.4 Å². The summed E-state index contributed by atoms with van der Waals surface area (Å²) in [5, 5.41) is 3.05. The molecule has 0 radical (unpaired) electrons. The van der Waals surface area contributed by atoms with Gasteiger partial charge in [0, 0.05) is 57.9 Å². The first-order valence-electron chi connectivity index (χ1n) is 10.8. The van der Waals surface area contributed by atoms with Crippen LogP contribution in [0.15, 0.2) is 10.9 Å². The molecule has 2 aliphatic heterocycles. The SMILES string of the molecule is CC1CN(CCCNC(=O)N2CCC(N(C)Cc3cc(=O)[nH]c(N)n3)C2)CC(C)O1. The van der Waals surface area contributed by atoms with Crippen LogP contribution in [-0.2, 0) is 11.3 Å². The number of nitrogen functional groups attached to an aromatic ring is 1. The minimum Gasteiger partial charge on any atom is -0.373 e. The first-order valence-corrected chi connectivity index (χ1v) is 10.8. The smallest absolute Gasteiger partial charge is 0.317 e. The predicted molar refractivity (Wildman–Crippen MR) is 115 cm³/mol. The Labute approximate surface area is 177 Å². The molecule has 3 unspecified atom stereocenters. The molecule has 0 aromatic carbocycles. The van der Waals surface area contributed by atoms with Gasteiger partial charge in [-0.25, -0.2) is 9.78 Å². The quantitative estimate of drug-likeness (QED) is 0.533. The number of carbonyl (C=O) groups is 1. The van der Waals surface area contributed by atoms with Crippen molar-refractivity contribution < 1.29 is 9.53 Å². The lowest BCUT2D eigenvalue weighted by Crippen LogP contribution is -2.46. The number of likely N-dealkylation sites (tertiary alicyclic amines) is 1. The summed E-state index contributed by atoms with van der Waals surface area (Å²) in [6, 6.07) is 1.69. The topological polar surface area (TPSA) is 120 Å². The van der Waals surface area contributed by atoms with Crippen LogP contribution < -0.4 is 16.6 Å². The molecule has 10 heteroatoms. The van der Waals surface area contributed by atoms with E-state index in [2.05, 4.69) is 38.9 Å². The molecule has 3 rings (SSSR count). The van der Waals surface area contributed by atoms with Gasteiger partial charge in [0.15, 0.2) is 0 Å². The fourth-order valence-electron chi connectivity index (χ4n) is 4.36. The normalized spacial score (nSPS) is 25.1. The second-order valence-electron chi connectivity index (χ2n) is 8.53. The van der Waals surface area contributed by atoms with Crippen molar-refractivity contribution in [2.24, 2.45) is 0 Å². The van der Waals surface area contributed by atoms with Gasteiger partial charge in [-0.15, -0.1) is 0 Å². The van der Waals surface area contributed by atoms with E-state index in [0.717, 1.165) is 39.0 Å². The van der Waals surface area contributed by atoms with Crippen LogP contribution in [0.2, 0.25) is 0 Å². The van der Waals surface area contributed by atoms with E-state index in [1.807, 2.05) is 11.9 Å². The van der Waals surface area contributed by atoms with Gasteiger partial charge in [0.05, 0.1) is 17.9 Å². The fourth-order valence-corrected chi connectivity index (χ4v) is 4.36. The number of hydrogen-bond donors (Lipinski definition) is 3. The molecule has 2 saturated heterocycles. The monoisotopic (exact) mass is 421 g/mol. The third-order valence-electron chi connectivity index (χ3n) is 5.72. The number of aromatic nitrogens is 2. The molecule has 3 heterocycles. The molecule has 168 valence electrons. The number of carbonyl (C=O) groups excluding carboxylic acids is 1. The highest BCUT2D eigenvalue weighted by molar-refractivity contribution is 5.74. The maximum Gasteiger partial charge on any atom is 0.317 e. The Kier molecular flexibility index (Phi) is 7.68. The molecule has 0 bridgehead atoms. The Balaban J connectivity index is 1.37. The molecule has 2 amide bonds. The Morgan fingerprint density at radius 1 is 1.37 bits per heavy atom. The number of anilines is 1. The second kappa shape index (κ2) is 10.2. The van der Waals surface area contributed by atoms with Crippen molar-refractivity contribution in [3.8, 4) is 0 Å². The third-order valence-corrected chi connectivity index (χ3v) is 5.72. The van der Waals surface area contributed by atoms with E-state index in [-0.39, 0.29) is 35.8 Å². The molecule has 30 heavy (non-hydrogen) atoms. The number of hydrogen-bond acceptors (Lipinski definition) is 7. The molecule has 3 atom stereocenters. The lowest BCUT2D eigenvalue weighted by molar-refractivity contribution is -0.0679. The number of urea groups is 1. The van der Waals surface area contributed by atoms with Crippen molar-refractivity contribution in [1.29, 1.82) is 0 Å². The van der Waals surface area contributed by atoms with Crippen molar-refractivity contribution in [1.82, 2.24) is 30.0 Å². The molecule has 1 aromatic heterocycles. The van der Waals surface area contributed by atoms with Gasteiger partial charge in [-0.2, -0.15) is 0 Å². The number of nitrogens with zero attached hydrogens (tertiary/aromatic N) is 4. The van der Waals surface area contributed by atoms with Gasteiger partial charge < -0.3 is 20.7 Å². The first-order chi connectivity index (χ1) is 14.3. The van der Waals surface area contributed by atoms with Gasteiger partial charge in [-0.1, -0.05) is 0 Å². The molecule has 4 N–H and O–H groups in total. The lowest BCUT2D eigenvalue weighted by atomic mass is 10.2. The molecule has 1 aromatic rings. The highest BCUT2D eigenvalue weighted by Gasteiger charge is 2.29. The van der Waals surface area contributed by atoms with Gasteiger partial charge in [-0.05, 0) is 33.7 Å². The van der Waals surface area contributed by atoms with Crippen LogP contribution in [0.5, 0.6) is 0 Å². The van der Waals surface area contributed by atoms with Gasteiger partial charge in [-0.3, -0.25) is 19.6 Å². The highest BCUT2D eigenvalue weighted by Crippen LogP contribution is 2.16. The number of rotatable bonds is 7. The number of amides is 2. The number of H-pyrrole nitrogens is 1. The summed E-state index contributed by atoms with van der Waals surface area (Å²) in [5.74, 6) is 0.124. The van der Waals surface area contributed by atoms with E-state index in [9.17, 15) is 9.59 Å². The van der Waals surface area contributed by atoms with Crippen LogP contribution in [0.25, 0.3) is 0 Å². The molecule has 2 aliphatic rings. The number of aromatic amines is 1. The zero-order valence-corrected chi connectivity index (χ0v) is 18.3. The molecule has 0 spiro atoms. The minimum absolute atomic E-state index is 0.00635. The zero-order chi connectivity index (χ0) is 21.7. The average molecular weight is 422 g/mol. The van der Waals surface area contributed by atoms with E-state index >= 15 is 0 Å². The van der Waals surface area contributed by atoms with Gasteiger partial charge in [0.2, 0.25) is 5.95 Å². The van der Waals surface area contributed by atoms with Crippen molar-refractivity contribution in [2.45, 2.75) is 51.5 Å². The first kappa shape index (κ1) is 22.5. The largest absolute Gasteiger partial charge is 0.373 e. The van der Waals surface area contributed by atoms with Crippen LogP contribution >= 0.6 is 0 Å². The Hall–Kier alpha value is -2.17. The summed E-state index contributed by atoms with van der Waals surface area (Å²) in [7, 11) is 1.98. The molecule has 0 saturated carbocycles. The standard InChI is InChI=1S/C20H35N7O3/c1-14-10-26(11-15(2)30-14)7-4-6-22-20(29)27-8-5-17(13-27)25(3)12-16-9-18(28)24-19(21)23-16/h9,14-15,17H,4-8,10-13H2,1-3H3,(H,22,29)(H3,21,23,24,28). The number of nitrogens with two attached hydrogens (primary N) is 1. The molecule has 0 aliphatic carbocycles. The molecular weight excluding hydrogens is 386 g/mol. The van der Waals surface area contributed by atoms with Crippen LogP contribution in [-0.4, -0.2) is 95.3 Å². The average Bonchev–Trinajstić information content (AvgIpc) is 3.14. The van der Waals surface area contributed by atoms with Crippen molar-refractivity contribution in [3.63, 3.8) is 0 Å². The van der Waals surface area contributed by atoms with E-state index in [1.165, 1.54) is 6.07 Å². The summed E-state index contributed by atoms with van der Waals surface area (Å²) in [6.07, 6.45) is 2.36. The second-order valence-corrected chi connectivity index (χ2v) is 8.53. The lowest BCUT2D eigenvalue weighted by Gasteiger charge is -2.35. The predicted octanol–water partition coefficient (Wildman–Crippen LogP) is 0.0671. The zero-order valence-electron chi connectivity index (χ0n) is 18.3. The Bertz CT molecular complexity index is 761. The number of ether oxygens (including phenoxy) is 1. The summed E-state index contributed by atoms with van der Waals surface area (Å²) < 4.78 is 5.76. The van der Waals surface area contributed by atoms with E-state index < -0.39 is 0 Å². The van der Waals surface area contributed by atoms with Crippen molar-refractivity contribution >= 4 is 12.0 Å². The van der Waals surface area contributed by atoms with Crippen LogP contribution in [0, 0.1) is 0 Å². The summed E-state index contributed by atoms with van der Waals surface area (Å²) >= 11 is 0. The van der Waals surface area contributed by atoms with Gasteiger partial charge in [0.25, 0.3) is 5.56 Å². The Morgan fingerprint density at radius 3 is 2.80 bits per heavy atom. The highest BCUT2D eigenvalue weighted by atomic mass is 16.5. The summed E-state index contributed by atoms with van der Waals surface area (Å²) in [5.41, 5.74) is 6.00. The Morgan fingerprint density at radius 2 is 2.10 bits per heavy atom. The summed E-state index contributed by atoms with van der Waals surface area (Å²) in [4.78, 5) is 37.1. The number of morpholine rings is 1. The van der Waals surface area contributed by atoms with E-state index in [0.29, 0.717) is 25.3 Å². The minimum atomic E-state index is -0.251. The van der Waals surface area contributed by atoms with Crippen LogP contribution in [0.4, 0.5) is 10.7 Å². The van der Waals surface area contributed by atoms with Gasteiger partial charge >= 0.3 is 6.03 Å². The molecular formula is C20H35N7O3. The van der Waals surface area contributed by atoms with E-state index in [1.54, 1.807) is 0 Å². The number of nitrogens with one attached hydrogen (secondary N) is 2. The van der Waals surface area contributed by atoms with Crippen molar-refractivity contribution in [3.05, 3.63) is 22.1 Å². The number of likely N-dealkylation sites (N-methyl/N-ethyl adjacent to an activating group) is 1. The van der Waals surface area contributed by atoms with Crippen molar-refractivity contribution in [2.75, 3.05) is 52.0 Å². The fraction of sp³-hybridized carbons (Fsp3) is 0.750. The molecule has 2 fully saturated rings.